The van der Waals surface area contributed by atoms with E-state index < -0.39 is 16.0 Å². The van der Waals surface area contributed by atoms with Crippen LogP contribution in [0.3, 0.4) is 0 Å². The quantitative estimate of drug-likeness (QED) is 0.697. The monoisotopic (exact) mass is 391 g/mol. The second-order valence-electron chi connectivity index (χ2n) is 6.06. The number of hydrogen-bond donors (Lipinski definition) is 1. The van der Waals surface area contributed by atoms with E-state index in [2.05, 4.69) is 9.46 Å². The van der Waals surface area contributed by atoms with Crippen LogP contribution in [-0.2, 0) is 32.4 Å². The molecule has 0 unspecified atom stereocenters. The SMILES string of the molecule is CCc1cccc(CC)c1NS(=O)(=O)c1ccc(OCC(=O)OC)c(C)c1. The smallest absolute Gasteiger partial charge is 0.343 e. The molecule has 1 N–H and O–H groups in total. The standard InChI is InChI=1S/C20H25NO5S/c1-5-15-8-7-9-16(6-2)20(15)21-27(23,24)17-10-11-18(14(3)12-17)26-13-19(22)25-4/h7-12,21H,5-6,13H2,1-4H3. The molecule has 0 fully saturated rings. The van der Waals surface area contributed by atoms with Crippen molar-refractivity contribution in [2.24, 2.45) is 0 Å². The number of benzene rings is 2. The van der Waals surface area contributed by atoms with Gasteiger partial charge in [-0.05, 0) is 54.7 Å². The summed E-state index contributed by atoms with van der Waals surface area (Å²) in [4.78, 5) is 11.3. The van der Waals surface area contributed by atoms with Crippen molar-refractivity contribution in [2.45, 2.75) is 38.5 Å². The molecular weight excluding hydrogens is 366 g/mol. The summed E-state index contributed by atoms with van der Waals surface area (Å²) in [5.74, 6) is -0.0708. The molecule has 0 radical (unpaired) electrons. The van der Waals surface area contributed by atoms with Crippen LogP contribution in [-0.4, -0.2) is 28.1 Å². The Morgan fingerprint density at radius 2 is 1.70 bits per heavy atom. The van der Waals surface area contributed by atoms with Crippen molar-refractivity contribution in [3.8, 4) is 5.75 Å². The number of sulfonamides is 1. The summed E-state index contributed by atoms with van der Waals surface area (Å²) in [6.45, 7) is 5.48. The van der Waals surface area contributed by atoms with Gasteiger partial charge >= 0.3 is 5.97 Å². The first-order valence-electron chi connectivity index (χ1n) is 8.76. The van der Waals surface area contributed by atoms with Crippen molar-refractivity contribution < 1.29 is 22.7 Å². The predicted molar refractivity (Wildman–Crippen MR) is 105 cm³/mol. The molecule has 0 saturated carbocycles. The summed E-state index contributed by atoms with van der Waals surface area (Å²) in [6, 6.07) is 10.3. The highest BCUT2D eigenvalue weighted by molar-refractivity contribution is 7.92. The van der Waals surface area contributed by atoms with Crippen LogP contribution in [0.1, 0.15) is 30.5 Å². The molecule has 2 rings (SSSR count). The van der Waals surface area contributed by atoms with Crippen molar-refractivity contribution in [1.82, 2.24) is 0 Å². The van der Waals surface area contributed by atoms with E-state index in [9.17, 15) is 13.2 Å². The first-order chi connectivity index (χ1) is 12.8. The Morgan fingerprint density at radius 1 is 1.07 bits per heavy atom. The number of para-hydroxylation sites is 1. The van der Waals surface area contributed by atoms with E-state index in [4.69, 9.17) is 4.74 Å². The molecule has 0 aliphatic rings. The fourth-order valence-electron chi connectivity index (χ4n) is 2.71. The number of aryl methyl sites for hydroxylation is 3. The maximum atomic E-state index is 12.9. The first kappa shape index (κ1) is 20.8. The minimum Gasteiger partial charge on any atom is -0.482 e. The van der Waals surface area contributed by atoms with E-state index in [0.29, 0.717) is 17.0 Å². The largest absolute Gasteiger partial charge is 0.482 e. The zero-order valence-corrected chi connectivity index (χ0v) is 16.9. The van der Waals surface area contributed by atoms with Gasteiger partial charge in [-0.3, -0.25) is 4.72 Å². The molecule has 0 saturated heterocycles. The molecule has 6 nitrogen and oxygen atoms in total. The predicted octanol–water partition coefficient (Wildman–Crippen LogP) is 3.47. The summed E-state index contributed by atoms with van der Waals surface area (Å²) >= 11 is 0. The molecule has 0 aliphatic carbocycles. The fourth-order valence-corrected chi connectivity index (χ4v) is 3.94. The number of rotatable bonds is 8. The van der Waals surface area contributed by atoms with E-state index in [0.717, 1.165) is 24.0 Å². The highest BCUT2D eigenvalue weighted by Gasteiger charge is 2.19. The number of ether oxygens (including phenoxy) is 2. The van der Waals surface area contributed by atoms with Gasteiger partial charge in [0.25, 0.3) is 10.0 Å². The maximum Gasteiger partial charge on any atom is 0.343 e. The number of esters is 1. The molecule has 0 bridgehead atoms. The average Bonchev–Trinajstić information content (AvgIpc) is 2.66. The Balaban J connectivity index is 2.30. The lowest BCUT2D eigenvalue weighted by Gasteiger charge is -2.16. The van der Waals surface area contributed by atoms with Crippen molar-refractivity contribution >= 4 is 21.7 Å². The van der Waals surface area contributed by atoms with Crippen molar-refractivity contribution in [2.75, 3.05) is 18.4 Å². The van der Waals surface area contributed by atoms with Crippen molar-refractivity contribution in [3.63, 3.8) is 0 Å². The molecule has 27 heavy (non-hydrogen) atoms. The van der Waals surface area contributed by atoms with E-state index in [-0.39, 0.29) is 11.5 Å². The van der Waals surface area contributed by atoms with Gasteiger partial charge in [0.05, 0.1) is 17.7 Å². The van der Waals surface area contributed by atoms with Gasteiger partial charge in [-0.25, -0.2) is 13.2 Å². The highest BCUT2D eigenvalue weighted by atomic mass is 32.2. The third kappa shape index (κ3) is 5.01. The third-order valence-corrected chi connectivity index (χ3v) is 5.61. The molecule has 0 aromatic heterocycles. The van der Waals surface area contributed by atoms with Crippen molar-refractivity contribution in [3.05, 3.63) is 53.1 Å². The molecule has 0 aliphatic heterocycles. The molecule has 2 aromatic carbocycles. The summed E-state index contributed by atoms with van der Waals surface area (Å²) in [5.41, 5.74) is 3.16. The van der Waals surface area contributed by atoms with Gasteiger partial charge in [0.1, 0.15) is 5.75 Å². The summed E-state index contributed by atoms with van der Waals surface area (Å²) < 4.78 is 38.4. The van der Waals surface area contributed by atoms with Gasteiger partial charge in [-0.1, -0.05) is 32.0 Å². The number of methoxy groups -OCH3 is 1. The van der Waals surface area contributed by atoms with Crippen LogP contribution in [0.15, 0.2) is 41.3 Å². The first-order valence-corrected chi connectivity index (χ1v) is 10.2. The zero-order chi connectivity index (χ0) is 20.0. The molecule has 7 heteroatoms. The minimum atomic E-state index is -3.75. The number of carbonyl (C=O) groups is 1. The zero-order valence-electron chi connectivity index (χ0n) is 16.0. The lowest BCUT2D eigenvalue weighted by molar-refractivity contribution is -0.142. The van der Waals surface area contributed by atoms with E-state index in [1.165, 1.54) is 19.2 Å². The van der Waals surface area contributed by atoms with Crippen molar-refractivity contribution in [1.29, 1.82) is 0 Å². The summed E-state index contributed by atoms with van der Waals surface area (Å²) in [7, 11) is -2.47. The molecule has 2 aromatic rings. The normalized spacial score (nSPS) is 11.1. The maximum absolute atomic E-state index is 12.9. The second-order valence-corrected chi connectivity index (χ2v) is 7.74. The molecule has 0 spiro atoms. The third-order valence-electron chi connectivity index (χ3n) is 4.27. The van der Waals surface area contributed by atoms with Crippen LogP contribution in [0.5, 0.6) is 5.75 Å². The topological polar surface area (TPSA) is 81.7 Å². The van der Waals surface area contributed by atoms with Crippen LogP contribution < -0.4 is 9.46 Å². The van der Waals surface area contributed by atoms with E-state index >= 15 is 0 Å². The average molecular weight is 391 g/mol. The lowest BCUT2D eigenvalue weighted by atomic mass is 10.0. The van der Waals surface area contributed by atoms with Gasteiger partial charge in [0.2, 0.25) is 0 Å². The van der Waals surface area contributed by atoms with Crippen LogP contribution in [0.25, 0.3) is 0 Å². The number of nitrogens with one attached hydrogen (secondary N) is 1. The summed E-state index contributed by atoms with van der Waals surface area (Å²) in [6.07, 6.45) is 1.45. The van der Waals surface area contributed by atoms with E-state index in [1.807, 2.05) is 32.0 Å². The molecule has 0 atom stereocenters. The van der Waals surface area contributed by atoms with Gasteiger partial charge in [0, 0.05) is 0 Å². The highest BCUT2D eigenvalue weighted by Crippen LogP contribution is 2.27. The van der Waals surface area contributed by atoms with Gasteiger partial charge in [-0.15, -0.1) is 0 Å². The second kappa shape index (κ2) is 8.90. The molecular formula is C20H25NO5S. The minimum absolute atomic E-state index is 0.137. The van der Waals surface area contributed by atoms with Crippen LogP contribution in [0.4, 0.5) is 5.69 Å². The van der Waals surface area contributed by atoms with Gasteiger partial charge in [-0.2, -0.15) is 0 Å². The Labute approximate surface area is 160 Å². The Bertz CT molecular complexity index is 900. The Kier molecular flexibility index (Phi) is 6.85. The van der Waals surface area contributed by atoms with Gasteiger partial charge < -0.3 is 9.47 Å². The summed E-state index contributed by atoms with van der Waals surface area (Å²) in [5, 5.41) is 0. The van der Waals surface area contributed by atoms with Crippen LogP contribution in [0.2, 0.25) is 0 Å². The number of hydrogen-bond acceptors (Lipinski definition) is 5. The van der Waals surface area contributed by atoms with Crippen LogP contribution >= 0.6 is 0 Å². The number of anilines is 1. The molecule has 0 heterocycles. The van der Waals surface area contributed by atoms with E-state index in [1.54, 1.807) is 13.0 Å². The van der Waals surface area contributed by atoms with Crippen LogP contribution in [0, 0.1) is 6.92 Å². The lowest BCUT2D eigenvalue weighted by Crippen LogP contribution is -2.16. The van der Waals surface area contributed by atoms with Gasteiger partial charge in [0.15, 0.2) is 6.61 Å². The molecule has 0 amide bonds. The molecule has 146 valence electrons. The fraction of sp³-hybridized carbons (Fsp3) is 0.350. The number of carbonyl (C=O) groups excluding carboxylic acids is 1. The Morgan fingerprint density at radius 3 is 2.22 bits per heavy atom. The Hall–Kier alpha value is -2.54.